The van der Waals surface area contributed by atoms with Crippen LogP contribution < -0.4 is 18.9 Å². The molecule has 0 fully saturated rings. The van der Waals surface area contributed by atoms with E-state index in [1.165, 1.54) is 0 Å². The van der Waals surface area contributed by atoms with Gasteiger partial charge in [0, 0.05) is 23.0 Å². The Morgan fingerprint density at radius 2 is 1.65 bits per heavy atom. The van der Waals surface area contributed by atoms with Crippen molar-refractivity contribution < 1.29 is 28.5 Å². The van der Waals surface area contributed by atoms with Gasteiger partial charge in [-0.1, -0.05) is 13.0 Å². The molecule has 0 spiro atoms. The van der Waals surface area contributed by atoms with Crippen molar-refractivity contribution in [3.63, 3.8) is 0 Å². The monoisotopic (exact) mass is 352 g/mol. The molecule has 0 aromatic heterocycles. The number of ether oxygens (including phenoxy) is 4. The van der Waals surface area contributed by atoms with Crippen molar-refractivity contribution in [1.82, 2.24) is 0 Å². The normalized spacial score (nSPS) is 19.8. The Bertz CT molecular complexity index is 977. The Labute approximate surface area is 149 Å². The third kappa shape index (κ3) is 1.87. The molecule has 3 aliphatic rings. The van der Waals surface area contributed by atoms with Crippen LogP contribution in [-0.2, 0) is 4.79 Å². The number of ketones is 2. The molecule has 132 valence electrons. The SMILES string of the molecule is CC(=O)[C@@H](C)[C@@H]1c2ccc3c(c2C(=O)c2ccc4c(c21)OCO4)OCO3. The van der Waals surface area contributed by atoms with Crippen molar-refractivity contribution in [3.8, 4) is 23.0 Å². The minimum absolute atomic E-state index is 0.0374. The Balaban J connectivity index is 1.83. The summed E-state index contributed by atoms with van der Waals surface area (Å²) in [6.45, 7) is 3.62. The lowest BCUT2D eigenvalue weighted by Gasteiger charge is -2.32. The van der Waals surface area contributed by atoms with E-state index in [1.807, 2.05) is 13.0 Å². The van der Waals surface area contributed by atoms with E-state index in [0.29, 0.717) is 34.1 Å². The molecule has 0 amide bonds. The molecule has 0 N–H and O–H groups in total. The van der Waals surface area contributed by atoms with Crippen LogP contribution in [0.25, 0.3) is 0 Å². The highest BCUT2D eigenvalue weighted by atomic mass is 16.7. The molecule has 5 rings (SSSR count). The number of rotatable bonds is 2. The number of Topliss-reactive ketones (excluding diaryl/α,β-unsaturated/α-hetero) is 1. The second-order valence-corrected chi connectivity index (χ2v) is 6.73. The molecule has 0 unspecified atom stereocenters. The minimum Gasteiger partial charge on any atom is -0.454 e. The number of carbonyl (C=O) groups is 2. The maximum Gasteiger partial charge on any atom is 0.231 e. The zero-order valence-electron chi connectivity index (χ0n) is 14.3. The van der Waals surface area contributed by atoms with Gasteiger partial charge in [0.05, 0.1) is 5.56 Å². The first-order valence-corrected chi connectivity index (χ1v) is 8.48. The summed E-state index contributed by atoms with van der Waals surface area (Å²) in [5.41, 5.74) is 2.48. The van der Waals surface area contributed by atoms with Crippen LogP contribution in [0.3, 0.4) is 0 Å². The highest BCUT2D eigenvalue weighted by Gasteiger charge is 2.42. The Morgan fingerprint density at radius 3 is 2.38 bits per heavy atom. The highest BCUT2D eigenvalue weighted by Crippen LogP contribution is 2.53. The molecule has 0 saturated heterocycles. The third-order valence-electron chi connectivity index (χ3n) is 5.41. The van der Waals surface area contributed by atoms with E-state index in [1.54, 1.807) is 25.1 Å². The standard InChI is InChI=1S/C20H16O6/c1-9(10(2)21)15-11-3-5-14-20(26-8-24-14)17(11)18(22)12-4-6-13-19(16(12)15)25-7-23-13/h3-6,9,15H,7-8H2,1-2H3/t9-,15-/m1/s1. The molecule has 2 heterocycles. The summed E-state index contributed by atoms with van der Waals surface area (Å²) >= 11 is 0. The Hall–Kier alpha value is -3.02. The lowest BCUT2D eigenvalue weighted by molar-refractivity contribution is -0.120. The zero-order chi connectivity index (χ0) is 18.0. The van der Waals surface area contributed by atoms with Gasteiger partial charge in [0.25, 0.3) is 0 Å². The highest BCUT2D eigenvalue weighted by molar-refractivity contribution is 6.15. The quantitative estimate of drug-likeness (QED) is 0.827. The van der Waals surface area contributed by atoms with E-state index < -0.39 is 0 Å². The number of hydrogen-bond acceptors (Lipinski definition) is 6. The second kappa shape index (κ2) is 5.24. The molecular weight excluding hydrogens is 336 g/mol. The van der Waals surface area contributed by atoms with Gasteiger partial charge in [-0.2, -0.15) is 0 Å². The summed E-state index contributed by atoms with van der Waals surface area (Å²) in [7, 11) is 0. The van der Waals surface area contributed by atoms with Gasteiger partial charge >= 0.3 is 0 Å². The topological polar surface area (TPSA) is 71.1 Å². The fraction of sp³-hybridized carbons (Fsp3) is 0.300. The molecule has 2 atom stereocenters. The molecule has 1 aliphatic carbocycles. The molecule has 2 aliphatic heterocycles. The predicted octanol–water partition coefficient (Wildman–Crippen LogP) is 3.05. The van der Waals surface area contributed by atoms with Crippen LogP contribution in [0.2, 0.25) is 0 Å². The van der Waals surface area contributed by atoms with Gasteiger partial charge in [-0.3, -0.25) is 9.59 Å². The van der Waals surface area contributed by atoms with Crippen LogP contribution in [0.4, 0.5) is 0 Å². The summed E-state index contributed by atoms with van der Waals surface area (Å²) in [6, 6.07) is 7.12. The summed E-state index contributed by atoms with van der Waals surface area (Å²) in [5.74, 6) is 1.39. The van der Waals surface area contributed by atoms with E-state index >= 15 is 0 Å². The maximum atomic E-state index is 13.3. The number of carbonyl (C=O) groups excluding carboxylic acids is 2. The van der Waals surface area contributed by atoms with Crippen LogP contribution >= 0.6 is 0 Å². The van der Waals surface area contributed by atoms with Gasteiger partial charge in [0.15, 0.2) is 28.8 Å². The first kappa shape index (κ1) is 15.3. The largest absolute Gasteiger partial charge is 0.454 e. The second-order valence-electron chi connectivity index (χ2n) is 6.73. The van der Waals surface area contributed by atoms with Crippen molar-refractivity contribution in [2.45, 2.75) is 19.8 Å². The molecular formula is C20H16O6. The molecule has 0 radical (unpaired) electrons. The van der Waals surface area contributed by atoms with Gasteiger partial charge in [-0.25, -0.2) is 0 Å². The minimum atomic E-state index is -0.336. The van der Waals surface area contributed by atoms with Crippen molar-refractivity contribution in [3.05, 3.63) is 46.5 Å². The maximum absolute atomic E-state index is 13.3. The van der Waals surface area contributed by atoms with Crippen LogP contribution in [0.5, 0.6) is 23.0 Å². The molecule has 0 saturated carbocycles. The van der Waals surface area contributed by atoms with Gasteiger partial charge < -0.3 is 18.9 Å². The first-order valence-electron chi connectivity index (χ1n) is 8.48. The summed E-state index contributed by atoms with van der Waals surface area (Å²) < 4.78 is 22.2. The smallest absolute Gasteiger partial charge is 0.231 e. The van der Waals surface area contributed by atoms with E-state index in [9.17, 15) is 9.59 Å². The van der Waals surface area contributed by atoms with Gasteiger partial charge in [0.2, 0.25) is 13.6 Å². The fourth-order valence-electron chi connectivity index (χ4n) is 4.03. The van der Waals surface area contributed by atoms with Crippen LogP contribution in [-0.4, -0.2) is 25.2 Å². The number of hydrogen-bond donors (Lipinski definition) is 0. The van der Waals surface area contributed by atoms with E-state index in [0.717, 1.165) is 11.1 Å². The van der Waals surface area contributed by atoms with Gasteiger partial charge in [0.1, 0.15) is 5.78 Å². The van der Waals surface area contributed by atoms with E-state index in [-0.39, 0.29) is 37.0 Å². The predicted molar refractivity (Wildman–Crippen MR) is 90.3 cm³/mol. The first-order chi connectivity index (χ1) is 12.6. The molecule has 6 nitrogen and oxygen atoms in total. The Kier molecular flexibility index (Phi) is 3.07. The van der Waals surface area contributed by atoms with Gasteiger partial charge in [-0.05, 0) is 30.7 Å². The summed E-state index contributed by atoms with van der Waals surface area (Å²) in [5, 5.41) is 0. The summed E-state index contributed by atoms with van der Waals surface area (Å²) in [6.07, 6.45) is 0. The molecule has 26 heavy (non-hydrogen) atoms. The van der Waals surface area contributed by atoms with E-state index in [4.69, 9.17) is 18.9 Å². The fourth-order valence-corrected chi connectivity index (χ4v) is 4.03. The van der Waals surface area contributed by atoms with Crippen LogP contribution in [0.1, 0.15) is 46.8 Å². The molecule has 2 aromatic rings. The van der Waals surface area contributed by atoms with Crippen molar-refractivity contribution in [1.29, 1.82) is 0 Å². The average Bonchev–Trinajstić information content (AvgIpc) is 3.29. The summed E-state index contributed by atoms with van der Waals surface area (Å²) in [4.78, 5) is 25.6. The van der Waals surface area contributed by atoms with E-state index in [2.05, 4.69) is 0 Å². The molecule has 2 aromatic carbocycles. The lowest BCUT2D eigenvalue weighted by Crippen LogP contribution is -2.27. The lowest BCUT2D eigenvalue weighted by atomic mass is 9.70. The van der Waals surface area contributed by atoms with Crippen molar-refractivity contribution >= 4 is 11.6 Å². The molecule has 6 heteroatoms. The van der Waals surface area contributed by atoms with Crippen molar-refractivity contribution in [2.75, 3.05) is 13.6 Å². The molecule has 0 bridgehead atoms. The number of benzene rings is 2. The van der Waals surface area contributed by atoms with Gasteiger partial charge in [-0.15, -0.1) is 0 Å². The van der Waals surface area contributed by atoms with Crippen molar-refractivity contribution in [2.24, 2.45) is 5.92 Å². The third-order valence-corrected chi connectivity index (χ3v) is 5.41. The van der Waals surface area contributed by atoms with Crippen LogP contribution in [0.15, 0.2) is 24.3 Å². The number of fused-ring (bicyclic) bond motifs is 6. The Morgan fingerprint density at radius 1 is 1.00 bits per heavy atom. The van der Waals surface area contributed by atoms with Crippen LogP contribution in [0, 0.1) is 5.92 Å². The average molecular weight is 352 g/mol. The zero-order valence-corrected chi connectivity index (χ0v) is 14.3.